The molecule has 5 nitrogen and oxygen atoms in total. The van der Waals surface area contributed by atoms with Crippen LogP contribution in [0.1, 0.15) is 19.8 Å². The fraction of sp³-hybridized carbons (Fsp3) is 0.917. The van der Waals surface area contributed by atoms with E-state index < -0.39 is 5.97 Å². The second-order valence-corrected chi connectivity index (χ2v) is 4.47. The molecule has 1 saturated heterocycles. The minimum atomic E-state index is -0.680. The van der Waals surface area contributed by atoms with E-state index in [-0.39, 0.29) is 12.0 Å². The van der Waals surface area contributed by atoms with Gasteiger partial charge in [-0.05, 0) is 26.3 Å². The number of carboxylic acid groups (broad SMARTS) is 1. The van der Waals surface area contributed by atoms with Crippen LogP contribution >= 0.6 is 0 Å². The average Bonchev–Trinajstić information content (AvgIpc) is 2.65. The highest BCUT2D eigenvalue weighted by Crippen LogP contribution is 2.23. The second-order valence-electron chi connectivity index (χ2n) is 4.47. The maximum absolute atomic E-state index is 10.9. The SMILES string of the molecule is COCCCOCCN1CCC(C(=O)O)C1C. The summed E-state index contributed by atoms with van der Waals surface area (Å²) in [6.45, 7) is 5.76. The Morgan fingerprint density at radius 2 is 2.18 bits per heavy atom. The van der Waals surface area contributed by atoms with Crippen LogP contribution in [0, 0.1) is 5.92 Å². The zero-order valence-electron chi connectivity index (χ0n) is 10.7. The fourth-order valence-electron chi connectivity index (χ4n) is 2.24. The Kier molecular flexibility index (Phi) is 6.47. The number of methoxy groups -OCH3 is 1. The number of nitrogens with zero attached hydrogens (tertiary/aromatic N) is 1. The first-order chi connectivity index (χ1) is 8.16. The van der Waals surface area contributed by atoms with Crippen molar-refractivity contribution in [2.24, 2.45) is 5.92 Å². The van der Waals surface area contributed by atoms with Crippen molar-refractivity contribution in [2.45, 2.75) is 25.8 Å². The molecule has 5 heteroatoms. The van der Waals surface area contributed by atoms with Gasteiger partial charge in [-0.1, -0.05) is 0 Å². The molecule has 0 radical (unpaired) electrons. The maximum atomic E-state index is 10.9. The van der Waals surface area contributed by atoms with Crippen LogP contribution in [-0.2, 0) is 14.3 Å². The first-order valence-electron chi connectivity index (χ1n) is 6.20. The molecule has 2 atom stereocenters. The number of rotatable bonds is 8. The van der Waals surface area contributed by atoms with Crippen molar-refractivity contribution >= 4 is 5.97 Å². The first-order valence-corrected chi connectivity index (χ1v) is 6.20. The molecule has 1 aliphatic heterocycles. The smallest absolute Gasteiger partial charge is 0.308 e. The summed E-state index contributed by atoms with van der Waals surface area (Å²) in [7, 11) is 1.68. The lowest BCUT2D eigenvalue weighted by molar-refractivity contribution is -0.142. The van der Waals surface area contributed by atoms with E-state index in [1.807, 2.05) is 6.92 Å². The quantitative estimate of drug-likeness (QED) is 0.642. The molecule has 0 aromatic heterocycles. The molecule has 17 heavy (non-hydrogen) atoms. The number of likely N-dealkylation sites (tertiary alicyclic amines) is 1. The van der Waals surface area contributed by atoms with Crippen molar-refractivity contribution in [2.75, 3.05) is 40.0 Å². The van der Waals surface area contributed by atoms with Crippen LogP contribution in [-0.4, -0.2) is 62.0 Å². The summed E-state index contributed by atoms with van der Waals surface area (Å²) in [5.74, 6) is -0.899. The Morgan fingerprint density at radius 1 is 1.41 bits per heavy atom. The van der Waals surface area contributed by atoms with Crippen LogP contribution in [0.5, 0.6) is 0 Å². The summed E-state index contributed by atoms with van der Waals surface area (Å²) in [6, 6.07) is 0.120. The van der Waals surface area contributed by atoms with Gasteiger partial charge in [0.25, 0.3) is 0 Å². The van der Waals surface area contributed by atoms with Crippen LogP contribution in [0.15, 0.2) is 0 Å². The standard InChI is InChI=1S/C12H23NO4/c1-10-11(12(14)15)4-5-13(10)6-9-17-8-3-7-16-2/h10-11H,3-9H2,1-2H3,(H,14,15). The number of aliphatic carboxylic acids is 1. The summed E-state index contributed by atoms with van der Waals surface area (Å²) in [6.07, 6.45) is 1.66. The first kappa shape index (κ1) is 14.4. The van der Waals surface area contributed by atoms with E-state index in [9.17, 15) is 4.79 Å². The van der Waals surface area contributed by atoms with Gasteiger partial charge < -0.3 is 14.6 Å². The van der Waals surface area contributed by atoms with E-state index in [2.05, 4.69) is 4.90 Å². The minimum absolute atomic E-state index is 0.120. The zero-order valence-corrected chi connectivity index (χ0v) is 10.7. The number of hydrogen-bond donors (Lipinski definition) is 1. The number of carbonyl (C=O) groups is 1. The Balaban J connectivity index is 2.10. The van der Waals surface area contributed by atoms with Gasteiger partial charge in [-0.25, -0.2) is 0 Å². The highest BCUT2D eigenvalue weighted by Gasteiger charge is 2.34. The third kappa shape index (κ3) is 4.61. The highest BCUT2D eigenvalue weighted by atomic mass is 16.5. The molecule has 1 aliphatic rings. The molecule has 0 aliphatic carbocycles. The molecule has 0 spiro atoms. The number of ether oxygens (including phenoxy) is 2. The molecular weight excluding hydrogens is 222 g/mol. The summed E-state index contributed by atoms with van der Waals surface area (Å²) in [4.78, 5) is 13.1. The summed E-state index contributed by atoms with van der Waals surface area (Å²) in [5.41, 5.74) is 0. The molecule has 1 N–H and O–H groups in total. The molecule has 100 valence electrons. The predicted octanol–water partition coefficient (Wildman–Crippen LogP) is 0.835. The Hall–Kier alpha value is -0.650. The monoisotopic (exact) mass is 245 g/mol. The average molecular weight is 245 g/mol. The molecule has 2 unspecified atom stereocenters. The summed E-state index contributed by atoms with van der Waals surface area (Å²) < 4.78 is 10.4. The van der Waals surface area contributed by atoms with Gasteiger partial charge in [0, 0.05) is 32.9 Å². The third-order valence-corrected chi connectivity index (χ3v) is 3.36. The predicted molar refractivity (Wildman–Crippen MR) is 64.1 cm³/mol. The highest BCUT2D eigenvalue weighted by molar-refractivity contribution is 5.71. The van der Waals surface area contributed by atoms with Crippen molar-refractivity contribution in [3.05, 3.63) is 0 Å². The Bertz CT molecular complexity index is 235. The molecule has 0 aromatic rings. The topological polar surface area (TPSA) is 59.0 Å². The molecule has 1 fully saturated rings. The second kappa shape index (κ2) is 7.63. The third-order valence-electron chi connectivity index (χ3n) is 3.36. The van der Waals surface area contributed by atoms with Gasteiger partial charge in [0.15, 0.2) is 0 Å². The van der Waals surface area contributed by atoms with E-state index in [4.69, 9.17) is 14.6 Å². The van der Waals surface area contributed by atoms with Gasteiger partial charge in [-0.15, -0.1) is 0 Å². The van der Waals surface area contributed by atoms with Crippen LogP contribution < -0.4 is 0 Å². The van der Waals surface area contributed by atoms with Crippen molar-refractivity contribution in [3.63, 3.8) is 0 Å². The van der Waals surface area contributed by atoms with Gasteiger partial charge in [-0.2, -0.15) is 0 Å². The van der Waals surface area contributed by atoms with Gasteiger partial charge in [0.05, 0.1) is 12.5 Å². The van der Waals surface area contributed by atoms with E-state index in [0.29, 0.717) is 13.2 Å². The Morgan fingerprint density at radius 3 is 2.76 bits per heavy atom. The maximum Gasteiger partial charge on any atom is 0.308 e. The number of hydrogen-bond acceptors (Lipinski definition) is 4. The normalized spacial score (nSPS) is 25.3. The van der Waals surface area contributed by atoms with Gasteiger partial charge in [0.1, 0.15) is 0 Å². The van der Waals surface area contributed by atoms with E-state index >= 15 is 0 Å². The van der Waals surface area contributed by atoms with E-state index in [0.717, 1.165) is 32.5 Å². The summed E-state index contributed by atoms with van der Waals surface area (Å²) >= 11 is 0. The van der Waals surface area contributed by atoms with Gasteiger partial charge in [0.2, 0.25) is 0 Å². The molecule has 1 heterocycles. The largest absolute Gasteiger partial charge is 0.481 e. The molecule has 0 bridgehead atoms. The van der Waals surface area contributed by atoms with Gasteiger partial charge in [-0.3, -0.25) is 9.69 Å². The van der Waals surface area contributed by atoms with Crippen LogP contribution in [0.2, 0.25) is 0 Å². The lowest BCUT2D eigenvalue weighted by Crippen LogP contribution is -2.35. The number of carboxylic acids is 1. The zero-order chi connectivity index (χ0) is 12.7. The molecule has 0 saturated carbocycles. The van der Waals surface area contributed by atoms with E-state index in [1.54, 1.807) is 7.11 Å². The van der Waals surface area contributed by atoms with Gasteiger partial charge >= 0.3 is 5.97 Å². The minimum Gasteiger partial charge on any atom is -0.481 e. The van der Waals surface area contributed by atoms with Crippen LogP contribution in [0.3, 0.4) is 0 Å². The van der Waals surface area contributed by atoms with Crippen molar-refractivity contribution in [1.29, 1.82) is 0 Å². The lowest BCUT2D eigenvalue weighted by Gasteiger charge is -2.22. The van der Waals surface area contributed by atoms with E-state index in [1.165, 1.54) is 0 Å². The van der Waals surface area contributed by atoms with Crippen LogP contribution in [0.25, 0.3) is 0 Å². The Labute approximate surface area is 103 Å². The summed E-state index contributed by atoms with van der Waals surface area (Å²) in [5, 5.41) is 9.00. The fourth-order valence-corrected chi connectivity index (χ4v) is 2.24. The van der Waals surface area contributed by atoms with Crippen molar-refractivity contribution in [3.8, 4) is 0 Å². The molecule has 1 rings (SSSR count). The molecular formula is C12H23NO4. The van der Waals surface area contributed by atoms with Crippen molar-refractivity contribution < 1.29 is 19.4 Å². The molecule has 0 aromatic carbocycles. The lowest BCUT2D eigenvalue weighted by atomic mass is 10.0. The van der Waals surface area contributed by atoms with Crippen molar-refractivity contribution in [1.82, 2.24) is 4.90 Å². The molecule has 0 amide bonds. The van der Waals surface area contributed by atoms with Crippen LogP contribution in [0.4, 0.5) is 0 Å².